The minimum atomic E-state index is -0.190. The normalized spacial score (nSPS) is 21.7. The summed E-state index contributed by atoms with van der Waals surface area (Å²) in [6.45, 7) is 0.517. The van der Waals surface area contributed by atoms with Gasteiger partial charge in [0.2, 0.25) is 0 Å². The first kappa shape index (κ1) is 9.06. The highest BCUT2D eigenvalue weighted by molar-refractivity contribution is 5.85. The zero-order valence-corrected chi connectivity index (χ0v) is 7.16. The summed E-state index contributed by atoms with van der Waals surface area (Å²) in [6, 6.07) is 1.61. The second kappa shape index (κ2) is 3.58. The van der Waals surface area contributed by atoms with Gasteiger partial charge in [0.25, 0.3) is 0 Å². The maximum atomic E-state index is 11.0. The molecule has 0 radical (unpaired) electrons. The van der Waals surface area contributed by atoms with E-state index in [2.05, 4.69) is 5.10 Å². The van der Waals surface area contributed by atoms with Gasteiger partial charge in [-0.05, 0) is 6.07 Å². The average Bonchev–Trinajstić information content (AvgIpc) is 2.55. The highest BCUT2D eigenvalue weighted by Gasteiger charge is 2.27. The summed E-state index contributed by atoms with van der Waals surface area (Å²) in [6.07, 6.45) is 4.17. The minimum Gasteiger partial charge on any atom is -0.464 e. The first-order chi connectivity index (χ1) is 5.38. The van der Waals surface area contributed by atoms with Gasteiger partial charge in [-0.2, -0.15) is 5.10 Å². The molecule has 1 saturated heterocycles. The summed E-state index contributed by atoms with van der Waals surface area (Å²) in [5, 5.41) is 3.96. The topological polar surface area (TPSA) is 44.1 Å². The van der Waals surface area contributed by atoms with Gasteiger partial charge >= 0.3 is 5.97 Å². The van der Waals surface area contributed by atoms with Gasteiger partial charge in [0.1, 0.15) is 0 Å². The van der Waals surface area contributed by atoms with E-state index in [1.54, 1.807) is 23.1 Å². The number of carbonyl (C=O) groups excluding carboxylic acids is 1. The first-order valence-electron chi connectivity index (χ1n) is 3.54. The summed E-state index contributed by atoms with van der Waals surface area (Å²) in [4.78, 5) is 11.0. The molecule has 0 spiro atoms. The minimum absolute atomic E-state index is 0. The Bertz CT molecular complexity index is 260. The molecule has 0 amide bonds. The van der Waals surface area contributed by atoms with E-state index in [0.29, 0.717) is 6.61 Å². The number of esters is 1. The summed E-state index contributed by atoms with van der Waals surface area (Å²) >= 11 is 0. The molecular weight excluding hydrogens is 180 g/mol. The Morgan fingerprint density at radius 1 is 1.67 bits per heavy atom. The third-order valence-electron chi connectivity index (χ3n) is 1.75. The van der Waals surface area contributed by atoms with E-state index in [0.717, 1.165) is 6.42 Å². The number of nitrogens with zero attached hydrogens (tertiary/aromatic N) is 2. The van der Waals surface area contributed by atoms with Gasteiger partial charge in [0.05, 0.1) is 6.61 Å². The molecule has 5 heteroatoms. The molecule has 12 heavy (non-hydrogen) atoms. The summed E-state index contributed by atoms with van der Waals surface area (Å²) < 4.78 is 6.42. The van der Waals surface area contributed by atoms with Crippen molar-refractivity contribution >= 4 is 18.4 Å². The molecule has 2 heterocycles. The van der Waals surface area contributed by atoms with Crippen molar-refractivity contribution in [1.29, 1.82) is 0 Å². The van der Waals surface area contributed by atoms with Crippen molar-refractivity contribution in [3.63, 3.8) is 0 Å². The fourth-order valence-electron chi connectivity index (χ4n) is 1.19. The van der Waals surface area contributed by atoms with Crippen LogP contribution in [0, 0.1) is 0 Å². The molecule has 1 aliphatic heterocycles. The van der Waals surface area contributed by atoms with Crippen molar-refractivity contribution in [2.75, 3.05) is 6.61 Å². The fraction of sp³-hybridized carbons (Fsp3) is 0.429. The highest BCUT2D eigenvalue weighted by atomic mass is 35.5. The molecule has 1 atom stereocenters. The van der Waals surface area contributed by atoms with Crippen molar-refractivity contribution in [3.05, 3.63) is 18.5 Å². The third-order valence-corrected chi connectivity index (χ3v) is 1.75. The van der Waals surface area contributed by atoms with Crippen LogP contribution in [0.1, 0.15) is 12.5 Å². The van der Waals surface area contributed by atoms with Gasteiger partial charge in [0.15, 0.2) is 6.04 Å². The Balaban J connectivity index is 0.000000720. The molecule has 0 bridgehead atoms. The van der Waals surface area contributed by atoms with Crippen LogP contribution in [0.2, 0.25) is 0 Å². The number of hydrogen-bond donors (Lipinski definition) is 0. The molecule has 1 aromatic heterocycles. The van der Waals surface area contributed by atoms with E-state index < -0.39 is 0 Å². The molecular formula is C7H9ClN2O2. The molecule has 1 aromatic rings. The van der Waals surface area contributed by atoms with Crippen molar-refractivity contribution in [2.24, 2.45) is 0 Å². The standard InChI is InChI=1S/C7H8N2O2.ClH/c10-7-6(2-5-11-7)9-4-1-3-8-9;/h1,3-4,6H,2,5H2;1H. The fourth-order valence-corrected chi connectivity index (χ4v) is 1.19. The molecule has 0 saturated carbocycles. The molecule has 66 valence electrons. The summed E-state index contributed by atoms with van der Waals surface area (Å²) in [5.74, 6) is -0.172. The van der Waals surface area contributed by atoms with E-state index in [9.17, 15) is 4.79 Å². The Labute approximate surface area is 75.9 Å². The van der Waals surface area contributed by atoms with E-state index in [1.807, 2.05) is 0 Å². The lowest BCUT2D eigenvalue weighted by Crippen LogP contribution is -2.14. The maximum Gasteiger partial charge on any atom is 0.331 e. The van der Waals surface area contributed by atoms with Crippen molar-refractivity contribution in [1.82, 2.24) is 9.78 Å². The van der Waals surface area contributed by atoms with Crippen LogP contribution in [0.25, 0.3) is 0 Å². The molecule has 0 aromatic carbocycles. The molecule has 4 nitrogen and oxygen atoms in total. The van der Waals surface area contributed by atoms with Crippen LogP contribution >= 0.6 is 12.4 Å². The van der Waals surface area contributed by atoms with Crippen LogP contribution in [0.15, 0.2) is 18.5 Å². The number of hydrogen-bond acceptors (Lipinski definition) is 3. The van der Waals surface area contributed by atoms with Gasteiger partial charge in [-0.25, -0.2) is 4.79 Å². The van der Waals surface area contributed by atoms with Crippen LogP contribution in [0.3, 0.4) is 0 Å². The smallest absolute Gasteiger partial charge is 0.331 e. The summed E-state index contributed by atoms with van der Waals surface area (Å²) in [5.41, 5.74) is 0. The maximum absolute atomic E-state index is 11.0. The van der Waals surface area contributed by atoms with Gasteiger partial charge in [-0.1, -0.05) is 0 Å². The van der Waals surface area contributed by atoms with Crippen LogP contribution < -0.4 is 0 Å². The monoisotopic (exact) mass is 188 g/mol. The van der Waals surface area contributed by atoms with Crippen LogP contribution in [0.4, 0.5) is 0 Å². The molecule has 0 N–H and O–H groups in total. The molecule has 1 fully saturated rings. The number of cyclic esters (lactones) is 1. The number of halogens is 1. The molecule has 1 aliphatic rings. The zero-order valence-electron chi connectivity index (χ0n) is 6.34. The number of aromatic nitrogens is 2. The lowest BCUT2D eigenvalue weighted by Gasteiger charge is -2.03. The van der Waals surface area contributed by atoms with Crippen LogP contribution in [0.5, 0.6) is 0 Å². The molecule has 1 unspecified atom stereocenters. The lowest BCUT2D eigenvalue weighted by atomic mass is 10.3. The number of ether oxygens (including phenoxy) is 1. The van der Waals surface area contributed by atoms with Crippen molar-refractivity contribution in [3.8, 4) is 0 Å². The Morgan fingerprint density at radius 2 is 2.50 bits per heavy atom. The predicted molar refractivity (Wildman–Crippen MR) is 44.1 cm³/mol. The molecule has 0 aliphatic carbocycles. The number of rotatable bonds is 1. The second-order valence-electron chi connectivity index (χ2n) is 2.46. The molecule has 2 rings (SSSR count). The number of carbonyl (C=O) groups is 1. The van der Waals surface area contributed by atoms with Gasteiger partial charge in [-0.3, -0.25) is 4.68 Å². The average molecular weight is 189 g/mol. The van der Waals surface area contributed by atoms with Gasteiger partial charge < -0.3 is 4.74 Å². The lowest BCUT2D eigenvalue weighted by molar-refractivity contribution is -0.140. The SMILES string of the molecule is Cl.O=C1OCCC1n1cccn1. The van der Waals surface area contributed by atoms with Gasteiger partial charge in [-0.15, -0.1) is 12.4 Å². The second-order valence-corrected chi connectivity index (χ2v) is 2.46. The Hall–Kier alpha value is -1.03. The summed E-state index contributed by atoms with van der Waals surface area (Å²) in [7, 11) is 0. The van der Waals surface area contributed by atoms with Crippen molar-refractivity contribution in [2.45, 2.75) is 12.5 Å². The predicted octanol–water partition coefficient (Wildman–Crippen LogP) is 0.793. The first-order valence-corrected chi connectivity index (χ1v) is 3.54. The quantitative estimate of drug-likeness (QED) is 0.613. The van der Waals surface area contributed by atoms with E-state index >= 15 is 0 Å². The van der Waals surface area contributed by atoms with E-state index in [-0.39, 0.29) is 24.4 Å². The largest absolute Gasteiger partial charge is 0.464 e. The van der Waals surface area contributed by atoms with E-state index in [1.165, 1.54) is 0 Å². The zero-order chi connectivity index (χ0) is 7.68. The van der Waals surface area contributed by atoms with Crippen molar-refractivity contribution < 1.29 is 9.53 Å². The van der Waals surface area contributed by atoms with Crippen LogP contribution in [-0.4, -0.2) is 22.4 Å². The van der Waals surface area contributed by atoms with E-state index in [4.69, 9.17) is 4.74 Å². The van der Waals surface area contributed by atoms with Gasteiger partial charge in [0, 0.05) is 18.8 Å². The Morgan fingerprint density at radius 3 is 3.00 bits per heavy atom. The highest BCUT2D eigenvalue weighted by Crippen LogP contribution is 2.18. The van der Waals surface area contributed by atoms with Crippen LogP contribution in [-0.2, 0) is 9.53 Å². The third kappa shape index (κ3) is 1.43. The Kier molecular flexibility index (Phi) is 2.70.